The lowest BCUT2D eigenvalue weighted by atomic mass is 10.0. The van der Waals surface area contributed by atoms with Crippen LogP contribution in [0.1, 0.15) is 29.8 Å². The molecule has 0 aliphatic heterocycles. The zero-order chi connectivity index (χ0) is 14.5. The summed E-state index contributed by atoms with van der Waals surface area (Å²) in [4.78, 5) is 4.29. The Kier molecular flexibility index (Phi) is 4.69. The standard InChI is InChI=1S/C16H18FNO2/c1-3-11-4-6-13(18-10-11)9-15(19)12-5-7-16(20-2)14(17)8-12/h4-8,10,15,19H,3,9H2,1-2H3. The van der Waals surface area contributed by atoms with Crippen LogP contribution in [-0.4, -0.2) is 17.2 Å². The van der Waals surface area contributed by atoms with Crippen LogP contribution in [0.5, 0.6) is 5.75 Å². The van der Waals surface area contributed by atoms with Crippen LogP contribution in [0.25, 0.3) is 0 Å². The van der Waals surface area contributed by atoms with Crippen LogP contribution >= 0.6 is 0 Å². The number of rotatable bonds is 5. The summed E-state index contributed by atoms with van der Waals surface area (Å²) in [5, 5.41) is 10.1. The Balaban J connectivity index is 2.10. The monoisotopic (exact) mass is 275 g/mol. The van der Waals surface area contributed by atoms with Crippen LogP contribution in [0.4, 0.5) is 4.39 Å². The smallest absolute Gasteiger partial charge is 0.165 e. The highest BCUT2D eigenvalue weighted by Gasteiger charge is 2.12. The number of aromatic nitrogens is 1. The quantitative estimate of drug-likeness (QED) is 0.912. The van der Waals surface area contributed by atoms with Gasteiger partial charge >= 0.3 is 0 Å². The Morgan fingerprint density at radius 2 is 2.10 bits per heavy atom. The van der Waals surface area contributed by atoms with Crippen molar-refractivity contribution in [2.24, 2.45) is 0 Å². The lowest BCUT2D eigenvalue weighted by Gasteiger charge is -2.12. The molecule has 0 fully saturated rings. The van der Waals surface area contributed by atoms with Crippen molar-refractivity contribution in [3.63, 3.8) is 0 Å². The van der Waals surface area contributed by atoms with Gasteiger partial charge in [-0.05, 0) is 35.7 Å². The fraction of sp³-hybridized carbons (Fsp3) is 0.312. The van der Waals surface area contributed by atoms with E-state index in [0.717, 1.165) is 17.7 Å². The number of nitrogens with zero attached hydrogens (tertiary/aromatic N) is 1. The van der Waals surface area contributed by atoms with E-state index < -0.39 is 11.9 Å². The molecule has 1 aromatic carbocycles. The number of aliphatic hydroxyl groups excluding tert-OH is 1. The molecule has 1 atom stereocenters. The maximum absolute atomic E-state index is 13.6. The highest BCUT2D eigenvalue weighted by atomic mass is 19.1. The topological polar surface area (TPSA) is 42.4 Å². The largest absolute Gasteiger partial charge is 0.494 e. The van der Waals surface area contributed by atoms with E-state index in [4.69, 9.17) is 4.74 Å². The molecule has 0 spiro atoms. The lowest BCUT2D eigenvalue weighted by Crippen LogP contribution is -2.04. The average Bonchev–Trinajstić information content (AvgIpc) is 2.48. The molecule has 0 saturated heterocycles. The van der Waals surface area contributed by atoms with Crippen molar-refractivity contribution < 1.29 is 14.2 Å². The van der Waals surface area contributed by atoms with Gasteiger partial charge in [-0.15, -0.1) is 0 Å². The van der Waals surface area contributed by atoms with Crippen molar-refractivity contribution in [3.8, 4) is 5.75 Å². The minimum atomic E-state index is -0.782. The van der Waals surface area contributed by atoms with Crippen molar-refractivity contribution in [2.45, 2.75) is 25.9 Å². The summed E-state index contributed by atoms with van der Waals surface area (Å²) in [6, 6.07) is 8.35. The fourth-order valence-electron chi connectivity index (χ4n) is 1.99. The molecule has 1 N–H and O–H groups in total. The van der Waals surface area contributed by atoms with Gasteiger partial charge in [-0.2, -0.15) is 0 Å². The molecule has 0 aliphatic rings. The first-order chi connectivity index (χ1) is 9.63. The van der Waals surface area contributed by atoms with Gasteiger partial charge < -0.3 is 9.84 Å². The van der Waals surface area contributed by atoms with E-state index in [2.05, 4.69) is 11.9 Å². The van der Waals surface area contributed by atoms with E-state index in [1.807, 2.05) is 12.1 Å². The molecule has 0 aliphatic carbocycles. The second kappa shape index (κ2) is 6.48. The minimum absolute atomic E-state index is 0.173. The minimum Gasteiger partial charge on any atom is -0.494 e. The Labute approximate surface area is 118 Å². The number of ether oxygens (including phenoxy) is 1. The number of aliphatic hydroxyl groups is 1. The predicted molar refractivity (Wildman–Crippen MR) is 75.2 cm³/mol. The fourth-order valence-corrected chi connectivity index (χ4v) is 1.99. The molecule has 0 amide bonds. The molecule has 4 heteroatoms. The van der Waals surface area contributed by atoms with Crippen molar-refractivity contribution in [1.82, 2.24) is 4.98 Å². The van der Waals surface area contributed by atoms with Crippen LogP contribution in [0.15, 0.2) is 36.5 Å². The number of benzene rings is 1. The molecule has 0 saturated carbocycles. The third-order valence-corrected chi connectivity index (χ3v) is 3.26. The van der Waals surface area contributed by atoms with Crippen LogP contribution in [0.3, 0.4) is 0 Å². The summed E-state index contributed by atoms with van der Waals surface area (Å²) in [7, 11) is 1.41. The van der Waals surface area contributed by atoms with Crippen molar-refractivity contribution in [1.29, 1.82) is 0 Å². The second-order valence-electron chi connectivity index (χ2n) is 4.63. The number of aryl methyl sites for hydroxylation is 1. The van der Waals surface area contributed by atoms with Gasteiger partial charge in [0.1, 0.15) is 0 Å². The molecule has 2 rings (SSSR count). The molecule has 1 unspecified atom stereocenters. The van der Waals surface area contributed by atoms with Gasteiger partial charge in [-0.3, -0.25) is 4.98 Å². The molecule has 0 radical (unpaired) electrons. The summed E-state index contributed by atoms with van der Waals surface area (Å²) in [5.74, 6) is -0.301. The molecule has 1 heterocycles. The molecule has 1 aromatic heterocycles. The molecule has 106 valence electrons. The summed E-state index contributed by atoms with van der Waals surface area (Å²) in [6.07, 6.45) is 2.31. The molecule has 3 nitrogen and oxygen atoms in total. The maximum atomic E-state index is 13.6. The van der Waals surface area contributed by atoms with E-state index in [1.165, 1.54) is 19.2 Å². The molecule has 20 heavy (non-hydrogen) atoms. The number of halogens is 1. The maximum Gasteiger partial charge on any atom is 0.165 e. The second-order valence-corrected chi connectivity index (χ2v) is 4.63. The van der Waals surface area contributed by atoms with E-state index in [9.17, 15) is 9.50 Å². The van der Waals surface area contributed by atoms with Crippen LogP contribution in [0.2, 0.25) is 0 Å². The first-order valence-electron chi connectivity index (χ1n) is 6.59. The van der Waals surface area contributed by atoms with Gasteiger partial charge in [0.15, 0.2) is 11.6 Å². The van der Waals surface area contributed by atoms with Gasteiger partial charge in [0.2, 0.25) is 0 Å². The van der Waals surface area contributed by atoms with Crippen molar-refractivity contribution in [2.75, 3.05) is 7.11 Å². The lowest BCUT2D eigenvalue weighted by molar-refractivity contribution is 0.176. The molecule has 0 bridgehead atoms. The van der Waals surface area contributed by atoms with Crippen LogP contribution in [0, 0.1) is 5.82 Å². The highest BCUT2D eigenvalue weighted by Crippen LogP contribution is 2.23. The number of methoxy groups -OCH3 is 1. The zero-order valence-electron chi connectivity index (χ0n) is 11.6. The molecule has 2 aromatic rings. The van der Waals surface area contributed by atoms with Crippen LogP contribution in [-0.2, 0) is 12.8 Å². The third kappa shape index (κ3) is 3.33. The van der Waals surface area contributed by atoms with E-state index in [0.29, 0.717) is 12.0 Å². The Hall–Kier alpha value is -1.94. The van der Waals surface area contributed by atoms with Gasteiger partial charge in [0.25, 0.3) is 0 Å². The van der Waals surface area contributed by atoms with Crippen molar-refractivity contribution >= 4 is 0 Å². The summed E-state index contributed by atoms with van der Waals surface area (Å²) in [5.41, 5.74) is 2.45. The average molecular weight is 275 g/mol. The van der Waals surface area contributed by atoms with Crippen LogP contribution < -0.4 is 4.74 Å². The first kappa shape index (κ1) is 14.5. The Morgan fingerprint density at radius 1 is 1.30 bits per heavy atom. The SMILES string of the molecule is CCc1ccc(CC(O)c2ccc(OC)c(F)c2)nc1. The van der Waals surface area contributed by atoms with Gasteiger partial charge in [0, 0.05) is 18.3 Å². The van der Waals surface area contributed by atoms with Crippen molar-refractivity contribution in [3.05, 3.63) is 59.2 Å². The third-order valence-electron chi connectivity index (χ3n) is 3.26. The Morgan fingerprint density at radius 3 is 2.65 bits per heavy atom. The predicted octanol–water partition coefficient (Wildman–Crippen LogP) is 3.07. The normalized spacial score (nSPS) is 12.2. The van der Waals surface area contributed by atoms with Gasteiger partial charge in [-0.1, -0.05) is 19.1 Å². The van der Waals surface area contributed by atoms with E-state index in [1.54, 1.807) is 12.3 Å². The van der Waals surface area contributed by atoms with E-state index >= 15 is 0 Å². The molecular formula is C16H18FNO2. The summed E-state index contributed by atoms with van der Waals surface area (Å²) >= 11 is 0. The van der Waals surface area contributed by atoms with Gasteiger partial charge in [0.05, 0.1) is 13.2 Å². The number of hydrogen-bond acceptors (Lipinski definition) is 3. The summed E-state index contributed by atoms with van der Waals surface area (Å²) < 4.78 is 18.5. The van der Waals surface area contributed by atoms with E-state index in [-0.39, 0.29) is 5.75 Å². The first-order valence-corrected chi connectivity index (χ1v) is 6.59. The zero-order valence-corrected chi connectivity index (χ0v) is 11.6. The van der Waals surface area contributed by atoms with Gasteiger partial charge in [-0.25, -0.2) is 4.39 Å². The Bertz CT molecular complexity index is 569. The highest BCUT2D eigenvalue weighted by molar-refractivity contribution is 5.31. The summed E-state index contributed by atoms with van der Waals surface area (Å²) in [6.45, 7) is 2.06. The molecular weight excluding hydrogens is 257 g/mol. The number of pyridine rings is 1. The number of hydrogen-bond donors (Lipinski definition) is 1.